The molecule has 2 aromatic rings. The fraction of sp³-hybridized carbons (Fsp3) is 0.462. The van der Waals surface area contributed by atoms with E-state index in [4.69, 9.17) is 24.5 Å². The van der Waals surface area contributed by atoms with Crippen molar-refractivity contribution in [2.75, 3.05) is 0 Å². The maximum Gasteiger partial charge on any atom is 0.00646 e. The summed E-state index contributed by atoms with van der Waals surface area (Å²) in [5, 5.41) is 6.25. The largest absolute Gasteiger partial charge is 0.787 e. The van der Waals surface area contributed by atoms with E-state index in [1.165, 1.54) is 67.3 Å². The molecule has 0 N–H and O–H groups in total. The molecule has 0 saturated heterocycles. The maximum absolute atomic E-state index is 6.25. The van der Waals surface area contributed by atoms with Crippen LogP contribution in [0.3, 0.4) is 0 Å². The molecule has 0 aromatic heterocycles. The minimum Gasteiger partial charge on any atom is -0.787 e. The van der Waals surface area contributed by atoms with Crippen LogP contribution in [-0.2, 0) is 43.6 Å². The molecule has 3 aliphatic heterocycles. The van der Waals surface area contributed by atoms with Crippen molar-refractivity contribution in [3.8, 4) is 22.7 Å². The molecule has 5 nitrogen and oxygen atoms in total. The van der Waals surface area contributed by atoms with Gasteiger partial charge in [-0.25, -0.2) is 0 Å². The summed E-state index contributed by atoms with van der Waals surface area (Å²) in [5.74, 6) is 0. The van der Waals surface area contributed by atoms with Gasteiger partial charge in [-0.1, -0.05) is 143 Å². The summed E-state index contributed by atoms with van der Waals surface area (Å²) in [4.78, 5) is 0. The Balaban J connectivity index is 0.000000841. The number of fused-ring (bicyclic) bond motifs is 3. The van der Waals surface area contributed by atoms with E-state index >= 15 is 0 Å². The van der Waals surface area contributed by atoms with Crippen molar-refractivity contribution in [3.05, 3.63) is 100 Å². The van der Waals surface area contributed by atoms with E-state index in [0.717, 1.165) is 0 Å². The molecule has 1 radical (unpaired) electrons. The minimum atomic E-state index is -0.0377. The van der Waals surface area contributed by atoms with Crippen LogP contribution >= 0.6 is 0 Å². The molecule has 0 saturated carbocycles. The molecular weight excluding hydrogens is 763 g/mol. The number of hydrogen-bond donors (Lipinski definition) is 0. The topological polar surface area (TPSA) is 43.5 Å². The first-order valence-electron chi connectivity index (χ1n) is 15.7. The molecule has 0 spiro atoms. The molecule has 2 aromatic carbocycles. The molecule has 3 heterocycles. The summed E-state index contributed by atoms with van der Waals surface area (Å²) >= 11 is 4.83. The molecule has 0 atom stereocenters. The van der Waals surface area contributed by atoms with Crippen LogP contribution < -0.4 is 0 Å². The maximum atomic E-state index is 6.25. The van der Waals surface area contributed by atoms with Crippen molar-refractivity contribution < 1.29 is 20.1 Å². The summed E-state index contributed by atoms with van der Waals surface area (Å²) in [6.45, 7) is 38.1. The first kappa shape index (κ1) is 39.3. The summed E-state index contributed by atoms with van der Waals surface area (Å²) in [7, 11) is 0. The van der Waals surface area contributed by atoms with E-state index in [1.807, 2.05) is 20.8 Å². The van der Waals surface area contributed by atoms with Crippen LogP contribution in [0.2, 0.25) is 0 Å². The second-order valence-corrected chi connectivity index (χ2v) is 16.8. The van der Waals surface area contributed by atoms with E-state index < -0.39 is 0 Å². The summed E-state index contributed by atoms with van der Waals surface area (Å²) < 4.78 is 9.43. The third-order valence-corrected chi connectivity index (χ3v) is 7.77. The summed E-state index contributed by atoms with van der Waals surface area (Å²) in [5.41, 5.74) is 15.5. The monoisotopic (exact) mass is 816 g/mol. The average molecular weight is 816 g/mol. The average Bonchev–Trinajstić information content (AvgIpc) is 3.45. The molecule has 0 bridgehead atoms. The van der Waals surface area contributed by atoms with Crippen LogP contribution in [0.5, 0.6) is 0 Å². The number of aryl methyl sites for hydroxylation is 6. The Bertz CT molecular complexity index is 1610. The fourth-order valence-corrected chi connectivity index (χ4v) is 6.69. The number of rotatable bonds is 2. The van der Waals surface area contributed by atoms with Gasteiger partial charge >= 0.3 is 0 Å². The van der Waals surface area contributed by atoms with Crippen LogP contribution in [0.15, 0.2) is 49.3 Å². The van der Waals surface area contributed by atoms with Gasteiger partial charge in [-0.15, -0.1) is 0 Å². The first-order valence-corrected chi connectivity index (χ1v) is 16.1. The van der Waals surface area contributed by atoms with Gasteiger partial charge in [-0.05, 0) is 75.1 Å². The van der Waals surface area contributed by atoms with Gasteiger partial charge in [-0.2, -0.15) is 4.75 Å². The van der Waals surface area contributed by atoms with Gasteiger partial charge in [-0.3, -0.25) is 0 Å². The fourth-order valence-electron chi connectivity index (χ4n) is 6.69. The molecular formula is C39H53IrN5S-4. The van der Waals surface area contributed by atoms with Crippen LogP contribution in [0, 0.1) is 53.4 Å². The van der Waals surface area contributed by atoms with Crippen LogP contribution in [0.25, 0.3) is 22.7 Å². The Kier molecular flexibility index (Phi) is 12.0. The van der Waals surface area contributed by atoms with Crippen molar-refractivity contribution in [3.63, 3.8) is 0 Å². The molecule has 5 rings (SSSR count). The second-order valence-electron chi connectivity index (χ2n) is 15.6. The molecule has 0 amide bonds. The second kappa shape index (κ2) is 14.1. The van der Waals surface area contributed by atoms with Gasteiger partial charge in [0.1, 0.15) is 0 Å². The predicted molar refractivity (Wildman–Crippen MR) is 193 cm³/mol. The molecule has 253 valence electrons. The normalized spacial score (nSPS) is 11.9. The molecule has 3 aliphatic rings. The zero-order chi connectivity index (χ0) is 34.4. The quantitative estimate of drug-likeness (QED) is 0.132. The third-order valence-electron chi connectivity index (χ3n) is 7.77. The van der Waals surface area contributed by atoms with Gasteiger partial charge in [0.25, 0.3) is 0 Å². The number of aromatic nitrogens is 4. The number of nitrogens with zero attached hydrogens (tertiary/aromatic N) is 5. The molecule has 7 heteroatoms. The van der Waals surface area contributed by atoms with Gasteiger partial charge in [0.05, 0.1) is 0 Å². The first-order chi connectivity index (χ1) is 20.6. The number of hydrogen-bond acceptors (Lipinski definition) is 2. The molecule has 0 unspecified atom stereocenters. The van der Waals surface area contributed by atoms with Gasteiger partial charge in [0, 0.05) is 32.8 Å². The van der Waals surface area contributed by atoms with E-state index in [9.17, 15) is 0 Å². The van der Waals surface area contributed by atoms with Crippen LogP contribution in [0.1, 0.15) is 107 Å². The van der Waals surface area contributed by atoms with Gasteiger partial charge in [0.2, 0.25) is 0 Å². The standard InChI is InChI=1S/C34H44N4.C4H10S.CN.Ir/c1-21-13-23(3)31(24(4)14-21)35-17-27-29(33(7,8)9)30(34(10,11)12)28-18-36(20-38(28)37(27)19-35)32-25(5)15-22(2)16-26(32)6;1-4(2,3)5;1-2;/h13-20H,1-12H3;5H,1-3H3;;/q-2;;-1;/p-1. The van der Waals surface area contributed by atoms with E-state index in [-0.39, 0.29) is 35.7 Å². The van der Waals surface area contributed by atoms with Crippen molar-refractivity contribution in [2.24, 2.45) is 0 Å². The van der Waals surface area contributed by atoms with Crippen LogP contribution in [0.4, 0.5) is 0 Å². The summed E-state index contributed by atoms with van der Waals surface area (Å²) in [6.07, 6.45) is 9.20. The van der Waals surface area contributed by atoms with Crippen molar-refractivity contribution >= 4 is 12.6 Å². The Morgan fingerprint density at radius 1 is 0.565 bits per heavy atom. The number of benzene rings is 2. The Labute approximate surface area is 297 Å². The van der Waals surface area contributed by atoms with Gasteiger partial charge < -0.3 is 43.0 Å². The zero-order valence-electron chi connectivity index (χ0n) is 30.6. The van der Waals surface area contributed by atoms with E-state index in [1.54, 1.807) is 0 Å². The Morgan fingerprint density at radius 3 is 1.02 bits per heavy atom. The van der Waals surface area contributed by atoms with Crippen molar-refractivity contribution in [1.29, 1.82) is 5.26 Å². The van der Waals surface area contributed by atoms with Gasteiger partial charge in [0.15, 0.2) is 0 Å². The Morgan fingerprint density at radius 2 is 0.804 bits per heavy atom. The third kappa shape index (κ3) is 8.32. The van der Waals surface area contributed by atoms with Crippen molar-refractivity contribution in [1.82, 2.24) is 18.5 Å². The summed E-state index contributed by atoms with van der Waals surface area (Å²) in [6, 6.07) is 9.13. The zero-order valence-corrected chi connectivity index (χ0v) is 33.8. The minimum absolute atomic E-state index is 0. The molecule has 0 aliphatic carbocycles. The SMILES string of the molecule is CC(C)(C)[S-].Cc1cc(C)c(-n2cc3c(C(C)(C)C)c(C(C)(C)C)c4cn(-c5c(C)cc(C)cc5C)[cH-]n-4n-3[cH-]2)c(C)c1.[C-]#N.[Ir]. The van der Waals surface area contributed by atoms with E-state index in [0.29, 0.717) is 0 Å². The number of imidazole rings is 2. The Hall–Kier alpha value is -2.91. The molecule has 0 fully saturated rings. The van der Waals surface area contributed by atoms with E-state index in [2.05, 4.69) is 151 Å². The van der Waals surface area contributed by atoms with Crippen molar-refractivity contribution in [2.45, 2.75) is 119 Å². The predicted octanol–water partition coefficient (Wildman–Crippen LogP) is 10.2. The molecule has 46 heavy (non-hydrogen) atoms. The smallest absolute Gasteiger partial charge is 0.00646 e. The van der Waals surface area contributed by atoms with Crippen LogP contribution in [-0.4, -0.2) is 23.2 Å².